The maximum Gasteiger partial charge on any atom is 0.175 e. The van der Waals surface area contributed by atoms with Crippen LogP contribution >= 0.6 is 39.9 Å². The molecule has 7 heteroatoms. The Morgan fingerprint density at radius 3 is 2.48 bits per heavy atom. The zero-order valence-electron chi connectivity index (χ0n) is 15.3. The van der Waals surface area contributed by atoms with Gasteiger partial charge in [0.1, 0.15) is 6.61 Å². The molecule has 0 aromatic heterocycles. The largest absolute Gasteiger partial charge is 0.493 e. The van der Waals surface area contributed by atoms with Crippen LogP contribution in [0.1, 0.15) is 30.4 Å². The SMILES string of the molecule is COc1cc(CNCCCCCO)cc(Br)c1OCc1ccc(Cl)cc1.Cl. The lowest BCUT2D eigenvalue weighted by Gasteiger charge is -2.15. The fourth-order valence-electron chi connectivity index (χ4n) is 2.52. The van der Waals surface area contributed by atoms with Gasteiger partial charge in [0.2, 0.25) is 0 Å². The van der Waals surface area contributed by atoms with E-state index in [1.54, 1.807) is 7.11 Å². The lowest BCUT2D eigenvalue weighted by Crippen LogP contribution is -2.15. The van der Waals surface area contributed by atoms with Crippen LogP contribution in [0.4, 0.5) is 0 Å². The molecule has 0 spiro atoms. The van der Waals surface area contributed by atoms with Crippen molar-refractivity contribution in [2.24, 2.45) is 0 Å². The van der Waals surface area contributed by atoms with Crippen LogP contribution < -0.4 is 14.8 Å². The average Bonchev–Trinajstić information content (AvgIpc) is 2.64. The van der Waals surface area contributed by atoms with Crippen LogP contribution in [0.5, 0.6) is 11.5 Å². The Kier molecular flexibility index (Phi) is 11.8. The normalized spacial score (nSPS) is 10.4. The van der Waals surface area contributed by atoms with E-state index in [1.807, 2.05) is 36.4 Å². The van der Waals surface area contributed by atoms with E-state index in [-0.39, 0.29) is 19.0 Å². The van der Waals surface area contributed by atoms with Crippen molar-refractivity contribution >= 4 is 39.9 Å². The van der Waals surface area contributed by atoms with Gasteiger partial charge in [0.15, 0.2) is 11.5 Å². The summed E-state index contributed by atoms with van der Waals surface area (Å²) >= 11 is 9.50. The standard InChI is InChI=1S/C20H25BrClNO3.ClH/c1-25-19-12-16(13-23-9-3-2-4-10-24)11-18(21)20(19)26-14-15-5-7-17(22)8-6-15;/h5-8,11-12,23-24H,2-4,9-10,13-14H2,1H3;1H. The van der Waals surface area contributed by atoms with Gasteiger partial charge < -0.3 is 19.9 Å². The number of methoxy groups -OCH3 is 1. The van der Waals surface area contributed by atoms with E-state index in [1.165, 1.54) is 0 Å². The molecule has 0 saturated heterocycles. The summed E-state index contributed by atoms with van der Waals surface area (Å²) in [7, 11) is 1.64. The molecule has 0 heterocycles. The summed E-state index contributed by atoms with van der Waals surface area (Å²) in [6.45, 7) is 2.39. The lowest BCUT2D eigenvalue weighted by atomic mass is 10.2. The summed E-state index contributed by atoms with van der Waals surface area (Å²) < 4.78 is 12.3. The molecule has 0 aliphatic rings. The molecule has 0 fully saturated rings. The Labute approximate surface area is 180 Å². The Balaban J connectivity index is 0.00000364. The summed E-state index contributed by atoms with van der Waals surface area (Å²) in [5, 5.41) is 12.9. The second kappa shape index (κ2) is 13.2. The molecule has 0 bridgehead atoms. The molecule has 2 aromatic carbocycles. The highest BCUT2D eigenvalue weighted by atomic mass is 79.9. The smallest absolute Gasteiger partial charge is 0.175 e. The minimum absolute atomic E-state index is 0. The fourth-order valence-corrected chi connectivity index (χ4v) is 3.25. The number of rotatable bonds is 11. The number of unbranched alkanes of at least 4 members (excludes halogenated alkanes) is 2. The monoisotopic (exact) mass is 477 g/mol. The second-order valence-corrected chi connectivity index (χ2v) is 7.28. The molecule has 27 heavy (non-hydrogen) atoms. The van der Waals surface area contributed by atoms with Gasteiger partial charge in [-0.2, -0.15) is 0 Å². The van der Waals surface area contributed by atoms with Crippen molar-refractivity contribution in [2.75, 3.05) is 20.3 Å². The number of aliphatic hydroxyl groups excluding tert-OH is 1. The van der Waals surface area contributed by atoms with Crippen LogP contribution in [0.2, 0.25) is 5.02 Å². The highest BCUT2D eigenvalue weighted by molar-refractivity contribution is 9.10. The van der Waals surface area contributed by atoms with Gasteiger partial charge in [-0.25, -0.2) is 0 Å². The minimum atomic E-state index is 0. The molecule has 0 aliphatic carbocycles. The van der Waals surface area contributed by atoms with E-state index in [0.717, 1.165) is 48.0 Å². The van der Waals surface area contributed by atoms with Crippen molar-refractivity contribution in [3.63, 3.8) is 0 Å². The summed E-state index contributed by atoms with van der Waals surface area (Å²) in [6, 6.07) is 11.6. The third kappa shape index (κ3) is 8.28. The Morgan fingerprint density at radius 1 is 1.07 bits per heavy atom. The molecule has 150 valence electrons. The average molecular weight is 479 g/mol. The van der Waals surface area contributed by atoms with Gasteiger partial charge in [0, 0.05) is 18.2 Å². The first-order valence-corrected chi connectivity index (χ1v) is 9.86. The van der Waals surface area contributed by atoms with Crippen LogP contribution in [-0.4, -0.2) is 25.4 Å². The Bertz CT molecular complexity index is 684. The first-order chi connectivity index (χ1) is 12.6. The first kappa shape index (κ1) is 24.1. The van der Waals surface area contributed by atoms with Gasteiger partial charge in [-0.1, -0.05) is 23.7 Å². The summed E-state index contributed by atoms with van der Waals surface area (Å²) in [5.74, 6) is 1.39. The first-order valence-electron chi connectivity index (χ1n) is 8.69. The fraction of sp³-hybridized carbons (Fsp3) is 0.400. The van der Waals surface area contributed by atoms with Crippen molar-refractivity contribution in [1.29, 1.82) is 0 Å². The molecule has 0 amide bonds. The molecule has 0 aliphatic heterocycles. The van der Waals surface area contributed by atoms with Crippen LogP contribution in [0.25, 0.3) is 0 Å². The highest BCUT2D eigenvalue weighted by Gasteiger charge is 2.12. The van der Waals surface area contributed by atoms with E-state index < -0.39 is 0 Å². The quantitative estimate of drug-likeness (QED) is 0.426. The number of aliphatic hydroxyl groups is 1. The number of nitrogens with one attached hydrogen (secondary N) is 1. The molecule has 2 N–H and O–H groups in total. The van der Waals surface area contributed by atoms with Crippen molar-refractivity contribution in [3.05, 3.63) is 57.0 Å². The summed E-state index contributed by atoms with van der Waals surface area (Å²) in [4.78, 5) is 0. The molecule has 2 rings (SSSR count). The third-order valence-corrected chi connectivity index (χ3v) is 4.77. The predicted octanol–water partition coefficient (Wildman–Crippen LogP) is 5.36. The van der Waals surface area contributed by atoms with E-state index >= 15 is 0 Å². The molecule has 2 aromatic rings. The molecule has 0 atom stereocenters. The second-order valence-electron chi connectivity index (χ2n) is 5.99. The number of benzene rings is 2. The van der Waals surface area contributed by atoms with E-state index in [2.05, 4.69) is 21.2 Å². The molecule has 0 unspecified atom stereocenters. The molecule has 0 radical (unpaired) electrons. The van der Waals surface area contributed by atoms with Crippen LogP contribution in [0.3, 0.4) is 0 Å². The van der Waals surface area contributed by atoms with Gasteiger partial charge in [0.05, 0.1) is 11.6 Å². The molecule has 4 nitrogen and oxygen atoms in total. The zero-order valence-corrected chi connectivity index (χ0v) is 18.5. The Morgan fingerprint density at radius 2 is 1.81 bits per heavy atom. The molecular weight excluding hydrogens is 453 g/mol. The van der Waals surface area contributed by atoms with Crippen LogP contribution in [-0.2, 0) is 13.2 Å². The van der Waals surface area contributed by atoms with Gasteiger partial charge in [-0.05, 0) is 77.1 Å². The van der Waals surface area contributed by atoms with Gasteiger partial charge in [0.25, 0.3) is 0 Å². The number of hydrogen-bond acceptors (Lipinski definition) is 4. The van der Waals surface area contributed by atoms with Crippen LogP contribution in [0.15, 0.2) is 40.9 Å². The van der Waals surface area contributed by atoms with Gasteiger partial charge in [-0.3, -0.25) is 0 Å². The predicted molar refractivity (Wildman–Crippen MR) is 116 cm³/mol. The number of hydrogen-bond donors (Lipinski definition) is 2. The minimum Gasteiger partial charge on any atom is -0.493 e. The van der Waals surface area contributed by atoms with E-state index in [9.17, 15) is 0 Å². The van der Waals surface area contributed by atoms with Crippen molar-refractivity contribution in [3.8, 4) is 11.5 Å². The summed E-state index contributed by atoms with van der Waals surface area (Å²) in [5.41, 5.74) is 2.16. The van der Waals surface area contributed by atoms with E-state index in [0.29, 0.717) is 23.1 Å². The summed E-state index contributed by atoms with van der Waals surface area (Å²) in [6.07, 6.45) is 2.95. The van der Waals surface area contributed by atoms with Crippen molar-refractivity contribution in [1.82, 2.24) is 5.32 Å². The third-order valence-electron chi connectivity index (χ3n) is 3.93. The number of halogens is 3. The maximum atomic E-state index is 8.79. The molecular formula is C20H26BrCl2NO3. The molecule has 0 saturated carbocycles. The Hall–Kier alpha value is -0.980. The number of ether oxygens (including phenoxy) is 2. The maximum absolute atomic E-state index is 8.79. The topological polar surface area (TPSA) is 50.7 Å². The highest BCUT2D eigenvalue weighted by Crippen LogP contribution is 2.37. The lowest BCUT2D eigenvalue weighted by molar-refractivity contribution is 0.282. The van der Waals surface area contributed by atoms with Crippen molar-refractivity contribution < 1.29 is 14.6 Å². The van der Waals surface area contributed by atoms with Crippen molar-refractivity contribution in [2.45, 2.75) is 32.4 Å². The van der Waals surface area contributed by atoms with E-state index in [4.69, 9.17) is 26.2 Å². The van der Waals surface area contributed by atoms with Gasteiger partial charge in [-0.15, -0.1) is 12.4 Å². The van der Waals surface area contributed by atoms with Gasteiger partial charge >= 0.3 is 0 Å². The zero-order chi connectivity index (χ0) is 18.8. The van der Waals surface area contributed by atoms with Crippen LogP contribution in [0, 0.1) is 0 Å².